The van der Waals surface area contributed by atoms with E-state index in [0.29, 0.717) is 18.6 Å². The molecule has 0 bridgehead atoms. The Kier molecular flexibility index (Phi) is 5.20. The van der Waals surface area contributed by atoms with Crippen molar-refractivity contribution < 1.29 is 14.3 Å². The number of carbonyl (C=O) groups is 2. The van der Waals surface area contributed by atoms with Gasteiger partial charge in [0.2, 0.25) is 5.91 Å². The van der Waals surface area contributed by atoms with E-state index in [0.717, 1.165) is 39.0 Å². The number of carbonyl (C=O) groups excluding carboxylic acids is 2. The summed E-state index contributed by atoms with van der Waals surface area (Å²) < 4.78 is 5.79. The fourth-order valence-corrected chi connectivity index (χ4v) is 4.01. The standard InChI is InChI=1S/C17H28N4O3/c1-12-9-20(10-13(2)24-12)11-14-5-4-8-21(14)17(23)15-6-7-16(22)19(3)18-15/h12-14H,4-11H2,1-3H3. The number of hydrogen-bond acceptors (Lipinski definition) is 5. The lowest BCUT2D eigenvalue weighted by atomic mass is 10.1. The summed E-state index contributed by atoms with van der Waals surface area (Å²) in [7, 11) is 1.62. The second kappa shape index (κ2) is 7.19. The molecule has 24 heavy (non-hydrogen) atoms. The summed E-state index contributed by atoms with van der Waals surface area (Å²) in [6, 6.07) is 0.237. The van der Waals surface area contributed by atoms with Gasteiger partial charge in [0.25, 0.3) is 5.91 Å². The first-order chi connectivity index (χ1) is 11.4. The van der Waals surface area contributed by atoms with E-state index in [-0.39, 0.29) is 30.1 Å². The highest BCUT2D eigenvalue weighted by molar-refractivity contribution is 6.39. The number of likely N-dealkylation sites (tertiary alicyclic amines) is 1. The fraction of sp³-hybridized carbons (Fsp3) is 0.824. The molecule has 3 aliphatic rings. The van der Waals surface area contributed by atoms with Crippen LogP contribution in [0.15, 0.2) is 5.10 Å². The molecule has 2 saturated heterocycles. The average Bonchev–Trinajstić information content (AvgIpc) is 2.96. The van der Waals surface area contributed by atoms with Crippen molar-refractivity contribution in [1.82, 2.24) is 14.8 Å². The summed E-state index contributed by atoms with van der Waals surface area (Å²) in [4.78, 5) is 28.8. The molecule has 134 valence electrons. The second-order valence-electron chi connectivity index (χ2n) is 7.23. The van der Waals surface area contributed by atoms with Gasteiger partial charge in [0.15, 0.2) is 0 Å². The van der Waals surface area contributed by atoms with Crippen molar-refractivity contribution in [3.8, 4) is 0 Å². The van der Waals surface area contributed by atoms with E-state index in [9.17, 15) is 9.59 Å². The van der Waals surface area contributed by atoms with Crippen LogP contribution in [0.5, 0.6) is 0 Å². The van der Waals surface area contributed by atoms with Crippen molar-refractivity contribution in [1.29, 1.82) is 0 Å². The Hall–Kier alpha value is -1.47. The van der Waals surface area contributed by atoms with Crippen LogP contribution in [0.2, 0.25) is 0 Å². The summed E-state index contributed by atoms with van der Waals surface area (Å²) >= 11 is 0. The minimum absolute atomic E-state index is 0.00575. The molecule has 3 heterocycles. The molecule has 0 aromatic heterocycles. The number of morpholine rings is 1. The first-order valence-electron chi connectivity index (χ1n) is 8.97. The van der Waals surface area contributed by atoms with Crippen molar-refractivity contribution in [3.63, 3.8) is 0 Å². The molecule has 0 aromatic rings. The minimum atomic E-state index is -0.0270. The van der Waals surface area contributed by atoms with Crippen LogP contribution in [0.1, 0.15) is 39.5 Å². The number of hydrogen-bond donors (Lipinski definition) is 0. The van der Waals surface area contributed by atoms with Gasteiger partial charge in [0.1, 0.15) is 5.71 Å². The number of ether oxygens (including phenoxy) is 1. The highest BCUT2D eigenvalue weighted by Crippen LogP contribution is 2.22. The van der Waals surface area contributed by atoms with Crippen LogP contribution in [-0.2, 0) is 14.3 Å². The van der Waals surface area contributed by atoms with Gasteiger partial charge in [0, 0.05) is 52.1 Å². The third kappa shape index (κ3) is 3.78. The van der Waals surface area contributed by atoms with Crippen molar-refractivity contribution in [2.75, 3.05) is 33.2 Å². The third-order valence-electron chi connectivity index (χ3n) is 5.06. The van der Waals surface area contributed by atoms with Crippen LogP contribution in [-0.4, -0.2) is 83.8 Å². The summed E-state index contributed by atoms with van der Waals surface area (Å²) in [5, 5.41) is 5.49. The first-order valence-corrected chi connectivity index (χ1v) is 8.97. The van der Waals surface area contributed by atoms with Crippen LogP contribution in [0.4, 0.5) is 0 Å². The Balaban J connectivity index is 1.64. The van der Waals surface area contributed by atoms with Gasteiger partial charge in [-0.3, -0.25) is 14.5 Å². The van der Waals surface area contributed by atoms with Crippen LogP contribution >= 0.6 is 0 Å². The molecule has 0 radical (unpaired) electrons. The van der Waals surface area contributed by atoms with Gasteiger partial charge >= 0.3 is 0 Å². The molecule has 7 heteroatoms. The van der Waals surface area contributed by atoms with Crippen LogP contribution in [0, 0.1) is 0 Å². The van der Waals surface area contributed by atoms with Crippen LogP contribution in [0.3, 0.4) is 0 Å². The maximum absolute atomic E-state index is 12.8. The lowest BCUT2D eigenvalue weighted by Gasteiger charge is -2.38. The smallest absolute Gasteiger partial charge is 0.270 e. The molecule has 0 saturated carbocycles. The molecular formula is C17H28N4O3. The van der Waals surface area contributed by atoms with E-state index in [4.69, 9.17) is 4.74 Å². The second-order valence-corrected chi connectivity index (χ2v) is 7.23. The predicted molar refractivity (Wildman–Crippen MR) is 90.6 cm³/mol. The zero-order valence-electron chi connectivity index (χ0n) is 14.9. The molecule has 2 amide bonds. The highest BCUT2D eigenvalue weighted by Gasteiger charge is 2.35. The molecule has 3 unspecified atom stereocenters. The quantitative estimate of drug-likeness (QED) is 0.761. The lowest BCUT2D eigenvalue weighted by molar-refractivity contribution is -0.131. The van der Waals surface area contributed by atoms with Gasteiger partial charge in [-0.1, -0.05) is 0 Å². The molecule has 3 atom stereocenters. The van der Waals surface area contributed by atoms with E-state index in [1.807, 2.05) is 4.90 Å². The normalized spacial score (nSPS) is 32.2. The topological polar surface area (TPSA) is 65.5 Å². The Morgan fingerprint density at radius 2 is 1.96 bits per heavy atom. The Bertz CT molecular complexity index is 526. The molecular weight excluding hydrogens is 308 g/mol. The van der Waals surface area contributed by atoms with Crippen LogP contribution < -0.4 is 0 Å². The fourth-order valence-electron chi connectivity index (χ4n) is 4.01. The van der Waals surface area contributed by atoms with E-state index in [2.05, 4.69) is 23.8 Å². The minimum Gasteiger partial charge on any atom is -0.373 e. The number of amides is 2. The van der Waals surface area contributed by atoms with Crippen LogP contribution in [0.25, 0.3) is 0 Å². The summed E-state index contributed by atoms with van der Waals surface area (Å²) in [6.07, 6.45) is 3.37. The molecule has 0 spiro atoms. The van der Waals surface area contributed by atoms with Gasteiger partial charge in [0.05, 0.1) is 12.2 Å². The molecule has 7 nitrogen and oxygen atoms in total. The third-order valence-corrected chi connectivity index (χ3v) is 5.06. The number of hydrazone groups is 1. The Labute approximate surface area is 143 Å². The van der Waals surface area contributed by atoms with Gasteiger partial charge in [-0.15, -0.1) is 0 Å². The molecule has 3 aliphatic heterocycles. The van der Waals surface area contributed by atoms with Crippen molar-refractivity contribution >= 4 is 17.5 Å². The van der Waals surface area contributed by atoms with Gasteiger partial charge < -0.3 is 9.64 Å². The van der Waals surface area contributed by atoms with Gasteiger partial charge in [-0.25, -0.2) is 5.01 Å². The average molecular weight is 336 g/mol. The van der Waals surface area contributed by atoms with E-state index < -0.39 is 0 Å². The molecule has 0 aromatic carbocycles. The number of rotatable bonds is 3. The van der Waals surface area contributed by atoms with E-state index >= 15 is 0 Å². The maximum atomic E-state index is 12.8. The van der Waals surface area contributed by atoms with Crippen molar-refractivity contribution in [2.45, 2.75) is 57.8 Å². The zero-order chi connectivity index (χ0) is 17.3. The van der Waals surface area contributed by atoms with E-state index in [1.165, 1.54) is 5.01 Å². The molecule has 2 fully saturated rings. The SMILES string of the molecule is CC1CN(CC2CCCN2C(=O)C2=NN(C)C(=O)CC2)CC(C)O1. The molecule has 3 rings (SSSR count). The monoisotopic (exact) mass is 336 g/mol. The number of nitrogens with zero attached hydrogens (tertiary/aromatic N) is 4. The lowest BCUT2D eigenvalue weighted by Crippen LogP contribution is -2.52. The maximum Gasteiger partial charge on any atom is 0.270 e. The summed E-state index contributed by atoms with van der Waals surface area (Å²) in [6.45, 7) is 7.72. The Morgan fingerprint density at radius 1 is 1.25 bits per heavy atom. The molecule has 0 aliphatic carbocycles. The largest absolute Gasteiger partial charge is 0.373 e. The highest BCUT2D eigenvalue weighted by atomic mass is 16.5. The summed E-state index contributed by atoms with van der Waals surface area (Å²) in [5.41, 5.74) is 0.521. The van der Waals surface area contributed by atoms with Crippen molar-refractivity contribution in [2.24, 2.45) is 5.10 Å². The van der Waals surface area contributed by atoms with Gasteiger partial charge in [-0.05, 0) is 26.7 Å². The first kappa shape index (κ1) is 17.4. The van der Waals surface area contributed by atoms with Crippen molar-refractivity contribution in [3.05, 3.63) is 0 Å². The molecule has 0 N–H and O–H groups in total. The Morgan fingerprint density at radius 3 is 2.62 bits per heavy atom. The zero-order valence-corrected chi connectivity index (χ0v) is 14.9. The summed E-state index contributed by atoms with van der Waals surface area (Å²) in [5.74, 6) is -0.0213. The van der Waals surface area contributed by atoms with E-state index in [1.54, 1.807) is 7.05 Å². The van der Waals surface area contributed by atoms with Gasteiger partial charge in [-0.2, -0.15) is 5.10 Å². The predicted octanol–water partition coefficient (Wildman–Crippen LogP) is 0.695.